The standard InChI is InChI=1S/C18H20N4O5/c1-25-14-7-13(8-15(26-2)17(14)27-3)18(24)20-11-16(23)22-21-10-12-5-4-6-19-9-12/h4-10H,11H2,1-3H3,(H,20,24)(H,22,23)/b21-10+. The van der Waals surface area contributed by atoms with E-state index in [0.29, 0.717) is 17.2 Å². The lowest BCUT2D eigenvalue weighted by Gasteiger charge is -2.14. The van der Waals surface area contributed by atoms with Gasteiger partial charge in [-0.1, -0.05) is 6.07 Å². The van der Waals surface area contributed by atoms with E-state index < -0.39 is 11.8 Å². The van der Waals surface area contributed by atoms with E-state index in [1.54, 1.807) is 24.5 Å². The van der Waals surface area contributed by atoms with Crippen molar-refractivity contribution in [3.05, 3.63) is 47.8 Å². The SMILES string of the molecule is COc1cc(C(=O)NCC(=O)N/N=C/c2cccnc2)cc(OC)c1OC. The zero-order chi connectivity index (χ0) is 19.6. The van der Waals surface area contributed by atoms with Crippen LogP contribution in [0.5, 0.6) is 17.2 Å². The molecule has 1 heterocycles. The van der Waals surface area contributed by atoms with Gasteiger partial charge in [-0.3, -0.25) is 14.6 Å². The summed E-state index contributed by atoms with van der Waals surface area (Å²) < 4.78 is 15.6. The monoisotopic (exact) mass is 372 g/mol. The third-order valence-corrected chi connectivity index (χ3v) is 3.42. The van der Waals surface area contributed by atoms with E-state index in [2.05, 4.69) is 20.8 Å². The number of hydrogen-bond acceptors (Lipinski definition) is 7. The molecule has 2 rings (SSSR count). The summed E-state index contributed by atoms with van der Waals surface area (Å²) in [5.41, 5.74) is 3.32. The van der Waals surface area contributed by atoms with Gasteiger partial charge in [-0.15, -0.1) is 0 Å². The molecule has 142 valence electrons. The van der Waals surface area contributed by atoms with E-state index in [0.717, 1.165) is 5.56 Å². The average Bonchev–Trinajstić information content (AvgIpc) is 2.71. The summed E-state index contributed by atoms with van der Waals surface area (Å²) in [7, 11) is 4.37. The number of carbonyl (C=O) groups is 2. The second kappa shape index (κ2) is 9.76. The molecular weight excluding hydrogens is 352 g/mol. The first-order chi connectivity index (χ1) is 13.1. The number of hydrazone groups is 1. The molecule has 1 aromatic heterocycles. The number of rotatable bonds is 8. The van der Waals surface area contributed by atoms with Crippen LogP contribution in [0.4, 0.5) is 0 Å². The molecule has 0 aliphatic heterocycles. The van der Waals surface area contributed by atoms with E-state index in [-0.39, 0.29) is 12.1 Å². The van der Waals surface area contributed by atoms with Gasteiger partial charge in [0.25, 0.3) is 11.8 Å². The van der Waals surface area contributed by atoms with Crippen LogP contribution >= 0.6 is 0 Å². The summed E-state index contributed by atoms with van der Waals surface area (Å²) in [6.45, 7) is -0.250. The number of amides is 2. The maximum Gasteiger partial charge on any atom is 0.259 e. The first-order valence-corrected chi connectivity index (χ1v) is 7.89. The van der Waals surface area contributed by atoms with Crippen LogP contribution in [-0.4, -0.2) is 50.9 Å². The fourth-order valence-electron chi connectivity index (χ4n) is 2.15. The van der Waals surface area contributed by atoms with E-state index in [4.69, 9.17) is 14.2 Å². The van der Waals surface area contributed by atoms with Gasteiger partial charge in [0, 0.05) is 23.5 Å². The Hall–Kier alpha value is -3.62. The highest BCUT2D eigenvalue weighted by atomic mass is 16.5. The predicted molar refractivity (Wildman–Crippen MR) is 98.4 cm³/mol. The molecule has 1 aromatic carbocycles. The summed E-state index contributed by atoms with van der Waals surface area (Å²) in [5.74, 6) is 0.107. The second-order valence-corrected chi connectivity index (χ2v) is 5.18. The Kier molecular flexibility index (Phi) is 7.12. The number of ether oxygens (including phenoxy) is 3. The minimum absolute atomic E-state index is 0.250. The van der Waals surface area contributed by atoms with Crippen molar-refractivity contribution in [3.8, 4) is 17.2 Å². The predicted octanol–water partition coefficient (Wildman–Crippen LogP) is 0.987. The van der Waals surface area contributed by atoms with E-state index >= 15 is 0 Å². The zero-order valence-corrected chi connectivity index (χ0v) is 15.2. The summed E-state index contributed by atoms with van der Waals surface area (Å²) in [6.07, 6.45) is 4.68. The molecule has 0 saturated heterocycles. The molecule has 9 heteroatoms. The summed E-state index contributed by atoms with van der Waals surface area (Å²) in [5, 5.41) is 6.30. The molecule has 0 saturated carbocycles. The van der Waals surface area contributed by atoms with Crippen molar-refractivity contribution in [2.24, 2.45) is 5.10 Å². The molecule has 2 N–H and O–H groups in total. The van der Waals surface area contributed by atoms with Crippen LogP contribution in [0.2, 0.25) is 0 Å². The fraction of sp³-hybridized carbons (Fsp3) is 0.222. The number of pyridine rings is 1. The Morgan fingerprint density at radius 3 is 2.41 bits per heavy atom. The van der Waals surface area contributed by atoms with Crippen LogP contribution < -0.4 is 25.0 Å². The number of methoxy groups -OCH3 is 3. The average molecular weight is 372 g/mol. The molecule has 0 bridgehead atoms. The third kappa shape index (κ3) is 5.43. The number of aromatic nitrogens is 1. The van der Waals surface area contributed by atoms with E-state index in [1.807, 2.05) is 0 Å². The van der Waals surface area contributed by atoms with Crippen LogP contribution in [0.25, 0.3) is 0 Å². The molecule has 2 amide bonds. The number of hydrogen-bond donors (Lipinski definition) is 2. The van der Waals surface area contributed by atoms with Crippen molar-refractivity contribution < 1.29 is 23.8 Å². The van der Waals surface area contributed by atoms with E-state index in [1.165, 1.54) is 39.7 Å². The summed E-state index contributed by atoms with van der Waals surface area (Å²) in [6, 6.07) is 6.53. The highest BCUT2D eigenvalue weighted by molar-refractivity contribution is 5.97. The van der Waals surface area contributed by atoms with Gasteiger partial charge in [0.2, 0.25) is 5.75 Å². The Bertz CT molecular complexity index is 799. The van der Waals surface area contributed by atoms with Crippen molar-refractivity contribution in [1.82, 2.24) is 15.7 Å². The van der Waals surface area contributed by atoms with Gasteiger partial charge in [0.1, 0.15) is 0 Å². The minimum Gasteiger partial charge on any atom is -0.493 e. The Morgan fingerprint density at radius 1 is 1.15 bits per heavy atom. The Balaban J connectivity index is 1.95. The number of carbonyl (C=O) groups excluding carboxylic acids is 2. The smallest absolute Gasteiger partial charge is 0.259 e. The van der Waals surface area contributed by atoms with Gasteiger partial charge >= 0.3 is 0 Å². The lowest BCUT2D eigenvalue weighted by Crippen LogP contribution is -2.34. The Labute approximate surface area is 156 Å². The maximum absolute atomic E-state index is 12.3. The molecule has 0 aliphatic carbocycles. The molecule has 0 spiro atoms. The van der Waals surface area contributed by atoms with Gasteiger partial charge in [-0.05, 0) is 18.2 Å². The maximum atomic E-state index is 12.3. The lowest BCUT2D eigenvalue weighted by molar-refractivity contribution is -0.120. The number of benzene rings is 1. The van der Waals surface area contributed by atoms with Crippen LogP contribution in [0.15, 0.2) is 41.8 Å². The largest absolute Gasteiger partial charge is 0.493 e. The molecule has 2 aromatic rings. The topological polar surface area (TPSA) is 111 Å². The first kappa shape index (κ1) is 19.7. The third-order valence-electron chi connectivity index (χ3n) is 3.42. The quantitative estimate of drug-likeness (QED) is 0.528. The molecule has 0 radical (unpaired) electrons. The first-order valence-electron chi connectivity index (χ1n) is 7.89. The number of nitrogens with zero attached hydrogens (tertiary/aromatic N) is 2. The van der Waals surface area contributed by atoms with Gasteiger partial charge < -0.3 is 19.5 Å². The van der Waals surface area contributed by atoms with Crippen LogP contribution in [-0.2, 0) is 4.79 Å². The number of nitrogens with one attached hydrogen (secondary N) is 2. The molecule has 0 aliphatic rings. The lowest BCUT2D eigenvalue weighted by atomic mass is 10.1. The molecule has 9 nitrogen and oxygen atoms in total. The van der Waals surface area contributed by atoms with Gasteiger partial charge in [-0.25, -0.2) is 5.43 Å². The Morgan fingerprint density at radius 2 is 1.85 bits per heavy atom. The fourth-order valence-corrected chi connectivity index (χ4v) is 2.15. The van der Waals surface area contributed by atoms with Crippen LogP contribution in [0, 0.1) is 0 Å². The molecule has 27 heavy (non-hydrogen) atoms. The zero-order valence-electron chi connectivity index (χ0n) is 15.2. The molecule has 0 unspecified atom stereocenters. The molecular formula is C18H20N4O5. The van der Waals surface area contributed by atoms with Crippen molar-refractivity contribution in [1.29, 1.82) is 0 Å². The molecule has 0 fully saturated rings. The van der Waals surface area contributed by atoms with Crippen molar-refractivity contribution in [2.45, 2.75) is 0 Å². The summed E-state index contributed by atoms with van der Waals surface area (Å²) >= 11 is 0. The van der Waals surface area contributed by atoms with Crippen molar-refractivity contribution in [2.75, 3.05) is 27.9 Å². The van der Waals surface area contributed by atoms with Gasteiger partial charge in [0.15, 0.2) is 11.5 Å². The minimum atomic E-state index is -0.476. The van der Waals surface area contributed by atoms with Crippen LogP contribution in [0.3, 0.4) is 0 Å². The molecule has 0 atom stereocenters. The highest BCUT2D eigenvalue weighted by Gasteiger charge is 2.17. The van der Waals surface area contributed by atoms with Gasteiger partial charge in [0.05, 0.1) is 34.1 Å². The van der Waals surface area contributed by atoms with Crippen molar-refractivity contribution in [3.63, 3.8) is 0 Å². The van der Waals surface area contributed by atoms with Crippen molar-refractivity contribution >= 4 is 18.0 Å². The van der Waals surface area contributed by atoms with E-state index in [9.17, 15) is 9.59 Å². The highest BCUT2D eigenvalue weighted by Crippen LogP contribution is 2.38. The van der Waals surface area contributed by atoms with Gasteiger partial charge in [-0.2, -0.15) is 5.10 Å². The normalized spacial score (nSPS) is 10.3. The summed E-state index contributed by atoms with van der Waals surface area (Å²) in [4.78, 5) is 28.0. The second-order valence-electron chi connectivity index (χ2n) is 5.18. The van der Waals surface area contributed by atoms with Crippen LogP contribution in [0.1, 0.15) is 15.9 Å².